The van der Waals surface area contributed by atoms with Crippen LogP contribution in [0.25, 0.3) is 11.3 Å². The first-order chi connectivity index (χ1) is 25.7. The van der Waals surface area contributed by atoms with Crippen LogP contribution in [-0.2, 0) is 20.7 Å². The van der Waals surface area contributed by atoms with Gasteiger partial charge in [0.1, 0.15) is 11.6 Å². The lowest BCUT2D eigenvalue weighted by atomic mass is 9.75. The minimum atomic E-state index is -0.910. The fourth-order valence-corrected chi connectivity index (χ4v) is 6.34. The monoisotopic (exact) mass is 728 g/mol. The zero-order valence-electron chi connectivity index (χ0n) is 32.6. The van der Waals surface area contributed by atoms with E-state index in [1.807, 2.05) is 32.0 Å². The Balaban J connectivity index is 1.96. The van der Waals surface area contributed by atoms with E-state index in [4.69, 9.17) is 9.47 Å². The molecule has 1 saturated heterocycles. The topological polar surface area (TPSA) is 88.4 Å². The van der Waals surface area contributed by atoms with Gasteiger partial charge in [0.15, 0.2) is 5.78 Å². The number of nitrogens with zero attached hydrogens (tertiary/aromatic N) is 1. The maximum Gasteiger partial charge on any atom is 0.252 e. The van der Waals surface area contributed by atoms with Crippen LogP contribution in [0.15, 0.2) is 121 Å². The van der Waals surface area contributed by atoms with E-state index in [1.54, 1.807) is 44.2 Å². The normalized spacial score (nSPS) is 15.6. The van der Waals surface area contributed by atoms with Crippen molar-refractivity contribution in [3.63, 3.8) is 0 Å². The van der Waals surface area contributed by atoms with E-state index in [0.717, 1.165) is 29.6 Å². The van der Waals surface area contributed by atoms with E-state index in [9.17, 15) is 14.9 Å². The summed E-state index contributed by atoms with van der Waals surface area (Å²) in [6.45, 7) is 34.6. The van der Waals surface area contributed by atoms with Gasteiger partial charge in [-0.3, -0.25) is 9.59 Å². The maximum atomic E-state index is 15.2. The molecule has 0 aromatic heterocycles. The molecule has 0 aliphatic carbocycles. The molecule has 1 amide bonds. The van der Waals surface area contributed by atoms with Crippen LogP contribution in [0.4, 0.5) is 4.39 Å². The number of nitriles is 1. The van der Waals surface area contributed by atoms with Crippen LogP contribution < -0.4 is 10.1 Å². The van der Waals surface area contributed by atoms with Gasteiger partial charge in [-0.25, -0.2) is 4.39 Å². The number of nitrogens with one attached hydrogen (secondary N) is 1. The molecule has 2 aromatic rings. The number of amides is 1. The molecular formula is C47H53FN2O4. The summed E-state index contributed by atoms with van der Waals surface area (Å²) in [7, 11) is 0. The van der Waals surface area contributed by atoms with Gasteiger partial charge >= 0.3 is 0 Å². The summed E-state index contributed by atoms with van der Waals surface area (Å²) in [5, 5.41) is 12.3. The Bertz CT molecular complexity index is 2020. The molecule has 1 aliphatic rings. The van der Waals surface area contributed by atoms with Gasteiger partial charge in [-0.05, 0) is 105 Å². The lowest BCUT2D eigenvalue weighted by Gasteiger charge is -2.27. The molecule has 1 fully saturated rings. The highest BCUT2D eigenvalue weighted by atomic mass is 19.1. The van der Waals surface area contributed by atoms with Gasteiger partial charge in [0.25, 0.3) is 5.91 Å². The van der Waals surface area contributed by atoms with Gasteiger partial charge in [-0.2, -0.15) is 5.26 Å². The average molecular weight is 729 g/mol. The molecule has 282 valence electrons. The van der Waals surface area contributed by atoms with E-state index in [2.05, 4.69) is 57.4 Å². The predicted octanol–water partition coefficient (Wildman–Crippen LogP) is 10.6. The third-order valence-corrected chi connectivity index (χ3v) is 9.87. The number of carbonyl (C=O) groups is 2. The summed E-state index contributed by atoms with van der Waals surface area (Å²) < 4.78 is 27.0. The second-order valence-corrected chi connectivity index (χ2v) is 13.8. The van der Waals surface area contributed by atoms with Crippen molar-refractivity contribution in [1.82, 2.24) is 5.32 Å². The Morgan fingerprint density at radius 3 is 2.41 bits per heavy atom. The predicted molar refractivity (Wildman–Crippen MR) is 218 cm³/mol. The molecule has 0 radical (unpaired) electrons. The molecule has 2 aromatic carbocycles. The van der Waals surface area contributed by atoms with Gasteiger partial charge < -0.3 is 14.8 Å². The van der Waals surface area contributed by atoms with Gasteiger partial charge in [-0.1, -0.05) is 82.2 Å². The number of benzene rings is 2. The molecule has 1 heterocycles. The lowest BCUT2D eigenvalue weighted by Crippen LogP contribution is -2.31. The number of hydrogen-bond acceptors (Lipinski definition) is 5. The Labute approximate surface area is 321 Å². The van der Waals surface area contributed by atoms with Crippen LogP contribution in [-0.4, -0.2) is 31.5 Å². The third kappa shape index (κ3) is 10.3. The largest absolute Gasteiger partial charge is 0.493 e. The smallest absolute Gasteiger partial charge is 0.252 e. The standard InChI is InChI=1S/C47H53FN2O4/c1-12-16-32(8)33(9)23-40(31(7)13-2)46(52)50-42(14-3)41-25-36(19-20-43(41)54-15-4)34(10)27-47(21-22-53-29-47)44(51)26-39(30(5)6)24-37-17-18-38(28-49)35(11)45(37)48/h13,17-20,25-26H,2-3,5,8-10,12,15-16,21-24,27,29H2,1,4,6-7,11H3,(H,50,52)/b39-26-,40-31+. The first kappa shape index (κ1) is 42.9. The van der Waals surface area contributed by atoms with E-state index >= 15 is 4.39 Å². The average Bonchev–Trinajstić information content (AvgIpc) is 3.63. The van der Waals surface area contributed by atoms with Crippen LogP contribution in [0.3, 0.4) is 0 Å². The zero-order chi connectivity index (χ0) is 40.2. The third-order valence-electron chi connectivity index (χ3n) is 9.87. The Kier molecular flexibility index (Phi) is 15.5. The van der Waals surface area contributed by atoms with Crippen LogP contribution in [0, 0.1) is 29.5 Å². The molecule has 0 spiro atoms. The van der Waals surface area contributed by atoms with E-state index in [0.29, 0.717) is 76.5 Å². The number of allylic oxidation sites excluding steroid dienone is 8. The fourth-order valence-electron chi connectivity index (χ4n) is 6.34. The second kappa shape index (κ2) is 19.5. The Morgan fingerprint density at radius 1 is 1.11 bits per heavy atom. The van der Waals surface area contributed by atoms with Gasteiger partial charge in [0, 0.05) is 36.1 Å². The van der Waals surface area contributed by atoms with Gasteiger partial charge in [0.2, 0.25) is 0 Å². The Morgan fingerprint density at radius 2 is 1.83 bits per heavy atom. The number of ketones is 1. The van der Waals surface area contributed by atoms with E-state index < -0.39 is 11.2 Å². The molecule has 3 rings (SSSR count). The lowest BCUT2D eigenvalue weighted by molar-refractivity contribution is -0.123. The summed E-state index contributed by atoms with van der Waals surface area (Å²) in [4.78, 5) is 28.0. The maximum absolute atomic E-state index is 15.2. The van der Waals surface area contributed by atoms with Crippen molar-refractivity contribution in [2.75, 3.05) is 19.8 Å². The molecule has 0 bridgehead atoms. The van der Waals surface area contributed by atoms with Crippen molar-refractivity contribution in [2.45, 2.75) is 73.1 Å². The minimum absolute atomic E-state index is 0.146. The zero-order valence-corrected chi connectivity index (χ0v) is 32.6. The highest BCUT2D eigenvalue weighted by molar-refractivity contribution is 6.01. The van der Waals surface area contributed by atoms with Crippen LogP contribution in [0.2, 0.25) is 0 Å². The number of hydrogen-bond donors (Lipinski definition) is 1. The van der Waals surface area contributed by atoms with E-state index in [-0.39, 0.29) is 42.3 Å². The molecule has 1 aliphatic heterocycles. The fraction of sp³-hybridized carbons (Fsp3) is 0.319. The highest BCUT2D eigenvalue weighted by Gasteiger charge is 2.41. The van der Waals surface area contributed by atoms with Gasteiger partial charge in [-0.15, -0.1) is 5.73 Å². The SMILES string of the molecule is C=C=C(NC(=O)/C(CC(=C)C(=C)CCC)=C(\C)C=C)c1cc(C(=C)CC2(C(=O)/C=C(/Cc3ccc(C#N)c(C)c3F)C(=C)C)CCOC2)ccc1OCC. The van der Waals surface area contributed by atoms with Crippen molar-refractivity contribution >= 4 is 23.0 Å². The highest BCUT2D eigenvalue weighted by Crippen LogP contribution is 2.41. The van der Waals surface area contributed by atoms with Gasteiger partial charge in [0.05, 0.1) is 36.0 Å². The molecule has 0 saturated carbocycles. The number of ether oxygens (including phenoxy) is 2. The second-order valence-electron chi connectivity index (χ2n) is 13.8. The summed E-state index contributed by atoms with van der Waals surface area (Å²) in [6, 6.07) is 10.7. The first-order valence-corrected chi connectivity index (χ1v) is 18.2. The van der Waals surface area contributed by atoms with Crippen molar-refractivity contribution in [2.24, 2.45) is 5.41 Å². The van der Waals surface area contributed by atoms with Crippen LogP contribution >= 0.6 is 0 Å². The summed E-state index contributed by atoms with van der Waals surface area (Å²) >= 11 is 0. The summed E-state index contributed by atoms with van der Waals surface area (Å²) in [5.74, 6) is -0.459. The number of carbonyl (C=O) groups excluding carboxylic acids is 2. The number of halogens is 1. The number of rotatable bonds is 19. The molecule has 6 nitrogen and oxygen atoms in total. The quantitative estimate of drug-likeness (QED) is 0.0884. The van der Waals surface area contributed by atoms with Crippen molar-refractivity contribution in [1.29, 1.82) is 5.26 Å². The van der Waals surface area contributed by atoms with Crippen molar-refractivity contribution < 1.29 is 23.5 Å². The summed E-state index contributed by atoms with van der Waals surface area (Å²) in [6.07, 6.45) is 6.12. The Hall–Kier alpha value is -5.54. The molecule has 54 heavy (non-hydrogen) atoms. The van der Waals surface area contributed by atoms with Crippen LogP contribution in [0.1, 0.15) is 87.6 Å². The van der Waals surface area contributed by atoms with Crippen molar-refractivity contribution in [3.8, 4) is 11.8 Å². The molecular weight excluding hydrogens is 676 g/mol. The molecule has 1 unspecified atom stereocenters. The first-order valence-electron chi connectivity index (χ1n) is 18.2. The molecule has 1 N–H and O–H groups in total. The molecule has 7 heteroatoms. The minimum Gasteiger partial charge on any atom is -0.493 e. The van der Waals surface area contributed by atoms with E-state index in [1.165, 1.54) is 0 Å². The molecule has 1 atom stereocenters. The summed E-state index contributed by atoms with van der Waals surface area (Å²) in [5.41, 5.74) is 9.30. The van der Waals surface area contributed by atoms with Crippen LogP contribution in [0.5, 0.6) is 5.75 Å². The van der Waals surface area contributed by atoms with Crippen molar-refractivity contribution in [3.05, 3.63) is 155 Å².